The van der Waals surface area contributed by atoms with E-state index in [0.717, 1.165) is 78.0 Å². The molecule has 0 bridgehead atoms. The van der Waals surface area contributed by atoms with Gasteiger partial charge in [-0.15, -0.1) is 0 Å². The van der Waals surface area contributed by atoms with Crippen LogP contribution >= 0.6 is 0 Å². The van der Waals surface area contributed by atoms with Crippen LogP contribution in [-0.4, -0.2) is 19.6 Å². The third-order valence-electron chi connectivity index (χ3n) is 12.7. The molecule has 2 heterocycles. The minimum Gasteiger partial charge on any atom is -0.507 e. The summed E-state index contributed by atoms with van der Waals surface area (Å²) in [5, 5.41) is 12.4. The quantitative estimate of drug-likeness (QED) is 0.174. The second-order valence-corrected chi connectivity index (χ2v) is 20.8. The Bertz CT molecular complexity index is 3380. The summed E-state index contributed by atoms with van der Waals surface area (Å²) in [4.78, 5) is 10.4. The molecule has 330 valence electrons. The Balaban J connectivity index is 1.34. The van der Waals surface area contributed by atoms with Gasteiger partial charge in [0.05, 0.1) is 28.0 Å². The number of rotatable bonds is 7. The number of phenols is 1. The van der Waals surface area contributed by atoms with E-state index in [1.165, 1.54) is 0 Å². The van der Waals surface area contributed by atoms with Crippen molar-refractivity contribution in [1.29, 1.82) is 0 Å². The smallest absolute Gasteiger partial charge is 0.149 e. The number of aryl methyl sites for hydroxylation is 2. The van der Waals surface area contributed by atoms with Crippen molar-refractivity contribution in [1.82, 2.24) is 14.5 Å². The van der Waals surface area contributed by atoms with E-state index < -0.39 is 12.3 Å². The summed E-state index contributed by atoms with van der Waals surface area (Å²) in [6.07, 6.45) is 1.87. The van der Waals surface area contributed by atoms with E-state index in [9.17, 15) is 9.22 Å². The molecule has 0 spiro atoms. The van der Waals surface area contributed by atoms with E-state index in [2.05, 4.69) is 135 Å². The Hall–Kier alpha value is -7.04. The van der Waals surface area contributed by atoms with Crippen molar-refractivity contribution in [2.24, 2.45) is 0 Å². The maximum Gasteiger partial charge on any atom is 0.149 e. The van der Waals surface area contributed by atoms with Gasteiger partial charge in [0.15, 0.2) is 0 Å². The van der Waals surface area contributed by atoms with E-state index in [1.54, 1.807) is 0 Å². The number of pyridine rings is 1. The van der Waals surface area contributed by atoms with Crippen LogP contribution < -0.4 is 0 Å². The highest BCUT2D eigenvalue weighted by molar-refractivity contribution is 5.97. The van der Waals surface area contributed by atoms with Crippen molar-refractivity contribution in [2.75, 3.05) is 0 Å². The number of para-hydroxylation sites is 1. The molecule has 66 heavy (non-hydrogen) atoms. The first-order valence-electron chi connectivity index (χ1n) is 24.5. The third-order valence-corrected chi connectivity index (χ3v) is 12.7. The Morgan fingerprint density at radius 2 is 1.18 bits per heavy atom. The van der Waals surface area contributed by atoms with Crippen LogP contribution in [0.1, 0.15) is 94.2 Å². The number of benzene rings is 7. The van der Waals surface area contributed by atoms with Gasteiger partial charge in [0.2, 0.25) is 0 Å². The monoisotopic (exact) mass is 867 g/mol. The van der Waals surface area contributed by atoms with Gasteiger partial charge >= 0.3 is 0 Å². The maximum absolute atomic E-state index is 12.4. The summed E-state index contributed by atoms with van der Waals surface area (Å²) < 4.78 is 29.6. The van der Waals surface area contributed by atoms with Crippen molar-refractivity contribution in [3.63, 3.8) is 0 Å². The van der Waals surface area contributed by atoms with Gasteiger partial charge in [-0.05, 0) is 140 Å². The van der Waals surface area contributed by atoms with Crippen LogP contribution in [0, 0.1) is 13.8 Å². The predicted molar refractivity (Wildman–Crippen MR) is 279 cm³/mol. The first-order chi connectivity index (χ1) is 32.6. The van der Waals surface area contributed by atoms with Crippen LogP contribution in [0.25, 0.3) is 83.9 Å². The molecular formula is C62H61N3O. The number of phenolic OH excluding ortho intramolecular Hbond substituents is 1. The maximum atomic E-state index is 12.4. The van der Waals surface area contributed by atoms with Crippen molar-refractivity contribution in [2.45, 2.75) is 92.3 Å². The SMILES string of the molecule is [2H]C([2H])([2H])c1cc(-c2c(-c3ccccc3)cccc2C(C)(C)C)ccc1-n1c(-c2cc(C)cc(C(C)(C)C)c2O)nc2c(-c3cc(-c4cc(-c5ccccc5)ccn4)cc(C(C)(C)C)c3)cccc21. The predicted octanol–water partition coefficient (Wildman–Crippen LogP) is 16.6. The van der Waals surface area contributed by atoms with E-state index in [-0.39, 0.29) is 22.1 Å². The van der Waals surface area contributed by atoms with Crippen molar-refractivity contribution >= 4 is 11.0 Å². The van der Waals surface area contributed by atoms with Gasteiger partial charge in [-0.25, -0.2) is 4.98 Å². The van der Waals surface area contributed by atoms with Crippen molar-refractivity contribution in [3.8, 4) is 78.6 Å². The third kappa shape index (κ3) is 8.37. The van der Waals surface area contributed by atoms with Gasteiger partial charge in [-0.1, -0.05) is 172 Å². The van der Waals surface area contributed by atoms with Gasteiger partial charge in [0.1, 0.15) is 11.6 Å². The average molecular weight is 867 g/mol. The first-order valence-corrected chi connectivity index (χ1v) is 23.0. The number of aromatic nitrogens is 3. The van der Waals surface area contributed by atoms with Gasteiger partial charge in [0.25, 0.3) is 0 Å². The topological polar surface area (TPSA) is 50.9 Å². The lowest BCUT2D eigenvalue weighted by molar-refractivity contribution is 0.448. The van der Waals surface area contributed by atoms with E-state index in [1.807, 2.05) is 103 Å². The molecule has 0 aliphatic rings. The Morgan fingerprint density at radius 1 is 0.515 bits per heavy atom. The molecule has 0 saturated carbocycles. The molecule has 0 aliphatic heterocycles. The zero-order chi connectivity index (χ0) is 49.2. The number of aromatic hydroxyl groups is 1. The lowest BCUT2D eigenvalue weighted by Gasteiger charge is -2.26. The standard InChI is InChI=1S/C62H61N3O/c1-39-32-50(58(66)52(33-39)62(9,10)11)59-64-57-49(45-35-46(37-47(36-45)60(3,4)5)53-38-43(30-31-63-53)41-20-14-12-15-21-41)25-19-27-55(57)65(59)54-29-28-44(34-40(54)2)56-48(42-22-16-13-17-23-42)24-18-26-51(56)61(6,7)8/h12-38,66H,1-11H3/i2D3. The summed E-state index contributed by atoms with van der Waals surface area (Å²) in [5.41, 5.74) is 15.4. The van der Waals surface area contributed by atoms with Crippen LogP contribution in [0.3, 0.4) is 0 Å². The van der Waals surface area contributed by atoms with Crippen LogP contribution in [0.2, 0.25) is 0 Å². The summed E-state index contributed by atoms with van der Waals surface area (Å²) in [6.45, 7) is 19.0. The molecule has 9 rings (SSSR count). The van der Waals surface area contributed by atoms with Crippen LogP contribution in [0.4, 0.5) is 0 Å². The molecule has 9 aromatic rings. The van der Waals surface area contributed by atoms with E-state index in [0.29, 0.717) is 28.1 Å². The molecule has 0 saturated heterocycles. The van der Waals surface area contributed by atoms with Gasteiger partial charge in [-0.2, -0.15) is 0 Å². The molecule has 1 N–H and O–H groups in total. The molecular weight excluding hydrogens is 803 g/mol. The average Bonchev–Trinajstić information content (AvgIpc) is 3.70. The zero-order valence-corrected chi connectivity index (χ0v) is 39.9. The minimum absolute atomic E-state index is 0.117. The molecule has 2 aromatic heterocycles. The zero-order valence-electron chi connectivity index (χ0n) is 42.9. The fourth-order valence-electron chi connectivity index (χ4n) is 9.27. The minimum atomic E-state index is -2.54. The van der Waals surface area contributed by atoms with Gasteiger partial charge in [0, 0.05) is 27.0 Å². The second kappa shape index (κ2) is 16.7. The summed E-state index contributed by atoms with van der Waals surface area (Å²) in [7, 11) is 0. The molecule has 4 nitrogen and oxygen atoms in total. The molecule has 0 fully saturated rings. The number of hydrogen-bond donors (Lipinski definition) is 1. The van der Waals surface area contributed by atoms with E-state index >= 15 is 0 Å². The van der Waals surface area contributed by atoms with Gasteiger partial charge in [-0.3, -0.25) is 9.55 Å². The molecule has 0 radical (unpaired) electrons. The molecule has 0 atom stereocenters. The Morgan fingerprint density at radius 3 is 1.86 bits per heavy atom. The number of imidazole rings is 1. The van der Waals surface area contributed by atoms with Crippen LogP contribution in [0.5, 0.6) is 5.75 Å². The van der Waals surface area contributed by atoms with Crippen LogP contribution in [-0.2, 0) is 16.2 Å². The highest BCUT2D eigenvalue weighted by atomic mass is 16.3. The number of fused-ring (bicyclic) bond motifs is 1. The highest BCUT2D eigenvalue weighted by Crippen LogP contribution is 2.45. The number of hydrogen-bond acceptors (Lipinski definition) is 3. The lowest BCUT2D eigenvalue weighted by Crippen LogP contribution is -2.13. The van der Waals surface area contributed by atoms with Crippen molar-refractivity contribution < 1.29 is 9.22 Å². The molecule has 0 unspecified atom stereocenters. The molecule has 0 aliphatic carbocycles. The summed E-state index contributed by atoms with van der Waals surface area (Å²) >= 11 is 0. The fourth-order valence-corrected chi connectivity index (χ4v) is 9.27. The second-order valence-electron chi connectivity index (χ2n) is 20.8. The van der Waals surface area contributed by atoms with Gasteiger partial charge < -0.3 is 5.11 Å². The summed E-state index contributed by atoms with van der Waals surface area (Å²) in [6, 6.07) is 53.7. The highest BCUT2D eigenvalue weighted by Gasteiger charge is 2.28. The normalized spacial score (nSPS) is 13.1. The van der Waals surface area contributed by atoms with Crippen LogP contribution in [0.15, 0.2) is 164 Å². The molecule has 7 aromatic carbocycles. The Labute approximate surface area is 395 Å². The molecule has 0 amide bonds. The fraction of sp³-hybridized carbons (Fsp3) is 0.226. The first kappa shape index (κ1) is 40.5. The Kier molecular flexibility index (Phi) is 10.3. The lowest BCUT2D eigenvalue weighted by atomic mass is 9.78. The van der Waals surface area contributed by atoms with Crippen molar-refractivity contribution in [3.05, 3.63) is 192 Å². The van der Waals surface area contributed by atoms with E-state index in [4.69, 9.17) is 9.97 Å². The largest absolute Gasteiger partial charge is 0.507 e. The number of nitrogens with zero attached hydrogens (tertiary/aromatic N) is 3. The molecule has 4 heteroatoms. The summed E-state index contributed by atoms with van der Waals surface area (Å²) in [5.74, 6) is 0.568.